The molecule has 20 heavy (non-hydrogen) atoms. The number of aromatic nitrogens is 3. The van der Waals surface area contributed by atoms with Gasteiger partial charge in [0, 0.05) is 11.8 Å². The predicted octanol–water partition coefficient (Wildman–Crippen LogP) is 1.65. The van der Waals surface area contributed by atoms with Crippen molar-refractivity contribution in [3.05, 3.63) is 23.5 Å². The highest BCUT2D eigenvalue weighted by molar-refractivity contribution is 7.86. The minimum atomic E-state index is -3.53. The molecule has 7 nitrogen and oxygen atoms in total. The third-order valence-electron chi connectivity index (χ3n) is 2.30. The molecule has 1 atom stereocenters. The van der Waals surface area contributed by atoms with Crippen LogP contribution < -0.4 is 4.74 Å². The van der Waals surface area contributed by atoms with Gasteiger partial charge in [0.25, 0.3) is 10.1 Å². The van der Waals surface area contributed by atoms with Crippen molar-refractivity contribution >= 4 is 21.5 Å². The van der Waals surface area contributed by atoms with Crippen molar-refractivity contribution in [2.24, 2.45) is 0 Å². The van der Waals surface area contributed by atoms with Crippen molar-refractivity contribution in [2.45, 2.75) is 13.0 Å². The Bertz CT molecular complexity index is 699. The van der Waals surface area contributed by atoms with Gasteiger partial charge in [-0.05, 0) is 13.0 Å². The van der Waals surface area contributed by atoms with Crippen LogP contribution in [-0.4, -0.2) is 37.0 Å². The van der Waals surface area contributed by atoms with Gasteiger partial charge in [-0.3, -0.25) is 9.17 Å². The van der Waals surface area contributed by atoms with Gasteiger partial charge in [-0.25, -0.2) is 0 Å². The van der Waals surface area contributed by atoms with Crippen LogP contribution in [0.25, 0.3) is 10.6 Å². The summed E-state index contributed by atoms with van der Waals surface area (Å²) >= 11 is 1.25. The third-order valence-corrected chi connectivity index (χ3v) is 4.08. The first-order valence-corrected chi connectivity index (χ1v) is 8.23. The lowest BCUT2D eigenvalue weighted by Gasteiger charge is -2.05. The monoisotopic (exact) mass is 315 g/mol. The molecular formula is C11H13N3O4S2. The normalized spacial score (nSPS) is 13.2. The van der Waals surface area contributed by atoms with Crippen LogP contribution in [0.4, 0.5) is 0 Å². The molecule has 0 aliphatic rings. The lowest BCUT2D eigenvalue weighted by atomic mass is 10.3. The quantitative estimate of drug-likeness (QED) is 0.775. The molecule has 2 aromatic rings. The fraction of sp³-hybridized carbons (Fsp3) is 0.364. The van der Waals surface area contributed by atoms with E-state index < -0.39 is 16.2 Å². The van der Waals surface area contributed by atoms with Crippen LogP contribution in [0.2, 0.25) is 0 Å². The average Bonchev–Trinajstić information content (AvgIpc) is 2.86. The molecule has 0 fully saturated rings. The number of nitrogens with zero attached hydrogens (tertiary/aromatic N) is 3. The number of ether oxygens (including phenoxy) is 1. The minimum absolute atomic E-state index is 0.480. The van der Waals surface area contributed by atoms with Gasteiger partial charge in [0.05, 0.1) is 19.6 Å². The maximum Gasteiger partial charge on any atom is 0.265 e. The van der Waals surface area contributed by atoms with Crippen molar-refractivity contribution in [3.8, 4) is 16.3 Å². The van der Waals surface area contributed by atoms with Gasteiger partial charge in [-0.1, -0.05) is 11.3 Å². The number of hydrogen-bond donors (Lipinski definition) is 0. The zero-order valence-corrected chi connectivity index (χ0v) is 12.7. The molecule has 0 amide bonds. The number of rotatable bonds is 5. The van der Waals surface area contributed by atoms with Gasteiger partial charge in [0.2, 0.25) is 0 Å². The topological polar surface area (TPSA) is 91.3 Å². The highest BCUT2D eigenvalue weighted by Gasteiger charge is 2.18. The molecule has 0 aliphatic carbocycles. The summed E-state index contributed by atoms with van der Waals surface area (Å²) < 4.78 is 32.1. The molecule has 108 valence electrons. The molecule has 2 rings (SSSR count). The first-order valence-electron chi connectivity index (χ1n) is 5.60. The largest absolute Gasteiger partial charge is 0.495 e. The molecule has 2 heterocycles. The van der Waals surface area contributed by atoms with Crippen molar-refractivity contribution in [2.75, 3.05) is 13.4 Å². The van der Waals surface area contributed by atoms with E-state index in [2.05, 4.69) is 15.2 Å². The lowest BCUT2D eigenvalue weighted by Crippen LogP contribution is -2.07. The molecular weight excluding hydrogens is 302 g/mol. The zero-order valence-electron chi connectivity index (χ0n) is 11.1. The van der Waals surface area contributed by atoms with Gasteiger partial charge in [-0.15, -0.1) is 10.2 Å². The summed E-state index contributed by atoms with van der Waals surface area (Å²) in [6, 6.07) is 1.78. The molecule has 0 aliphatic heterocycles. The summed E-state index contributed by atoms with van der Waals surface area (Å²) in [5, 5.41) is 9.05. The van der Waals surface area contributed by atoms with Crippen LogP contribution in [0.3, 0.4) is 0 Å². The SMILES string of the molecule is COc1cncc(-c2nnc(C(C)OS(C)(=O)=O)s2)c1. The van der Waals surface area contributed by atoms with E-state index >= 15 is 0 Å². The molecule has 9 heteroatoms. The first kappa shape index (κ1) is 14.8. The van der Waals surface area contributed by atoms with Crippen molar-refractivity contribution < 1.29 is 17.3 Å². The fourth-order valence-corrected chi connectivity index (χ4v) is 2.95. The van der Waals surface area contributed by atoms with Crippen LogP contribution in [0.5, 0.6) is 5.75 Å². The highest BCUT2D eigenvalue weighted by atomic mass is 32.2. The highest BCUT2D eigenvalue weighted by Crippen LogP contribution is 2.29. The third kappa shape index (κ3) is 3.71. The van der Waals surface area contributed by atoms with E-state index in [0.29, 0.717) is 15.8 Å². The molecule has 0 N–H and O–H groups in total. The fourth-order valence-electron chi connectivity index (χ4n) is 1.47. The number of pyridine rings is 1. The molecule has 0 radical (unpaired) electrons. The Balaban J connectivity index is 2.24. The number of methoxy groups -OCH3 is 1. The molecule has 0 saturated carbocycles. The Hall–Kier alpha value is -1.58. The van der Waals surface area contributed by atoms with E-state index in [1.54, 1.807) is 32.5 Å². The lowest BCUT2D eigenvalue weighted by molar-refractivity contribution is 0.235. The van der Waals surface area contributed by atoms with Gasteiger partial charge in [-0.2, -0.15) is 8.42 Å². The van der Waals surface area contributed by atoms with Crippen molar-refractivity contribution in [1.82, 2.24) is 15.2 Å². The van der Waals surface area contributed by atoms with Gasteiger partial charge in [0.1, 0.15) is 21.9 Å². The summed E-state index contributed by atoms with van der Waals surface area (Å²) in [6.07, 6.45) is 3.54. The van der Waals surface area contributed by atoms with Crippen molar-refractivity contribution in [1.29, 1.82) is 0 Å². The van der Waals surface area contributed by atoms with E-state index in [4.69, 9.17) is 8.92 Å². The second kappa shape index (κ2) is 5.81. The summed E-state index contributed by atoms with van der Waals surface area (Å²) in [7, 11) is -1.98. The first-order chi connectivity index (χ1) is 9.39. The Morgan fingerprint density at radius 1 is 1.30 bits per heavy atom. The van der Waals surface area contributed by atoms with Crippen LogP contribution >= 0.6 is 11.3 Å². The van der Waals surface area contributed by atoms with E-state index in [-0.39, 0.29) is 0 Å². The van der Waals surface area contributed by atoms with Gasteiger partial charge < -0.3 is 4.74 Å². The minimum Gasteiger partial charge on any atom is -0.495 e. The van der Waals surface area contributed by atoms with E-state index in [9.17, 15) is 8.42 Å². The smallest absolute Gasteiger partial charge is 0.265 e. The second-order valence-corrected chi connectivity index (χ2v) is 6.61. The summed E-state index contributed by atoms with van der Waals surface area (Å²) in [5.41, 5.74) is 0.750. The van der Waals surface area contributed by atoms with E-state index in [1.165, 1.54) is 11.3 Å². The maximum absolute atomic E-state index is 11.1. The maximum atomic E-state index is 11.1. The van der Waals surface area contributed by atoms with E-state index in [1.807, 2.05) is 0 Å². The average molecular weight is 315 g/mol. The summed E-state index contributed by atoms with van der Waals surface area (Å²) in [6.45, 7) is 1.61. The van der Waals surface area contributed by atoms with Crippen molar-refractivity contribution in [3.63, 3.8) is 0 Å². The Morgan fingerprint density at radius 3 is 2.70 bits per heavy atom. The molecule has 0 bridgehead atoms. The summed E-state index contributed by atoms with van der Waals surface area (Å²) in [5.74, 6) is 0.611. The molecule has 2 aromatic heterocycles. The van der Waals surface area contributed by atoms with Crippen LogP contribution in [0.15, 0.2) is 18.5 Å². The van der Waals surface area contributed by atoms with Gasteiger partial charge in [0.15, 0.2) is 0 Å². The Kier molecular flexibility index (Phi) is 4.31. The molecule has 0 aromatic carbocycles. The zero-order chi connectivity index (χ0) is 14.8. The summed E-state index contributed by atoms with van der Waals surface area (Å²) in [4.78, 5) is 4.03. The van der Waals surface area contributed by atoms with E-state index in [0.717, 1.165) is 11.8 Å². The van der Waals surface area contributed by atoms with Crippen LogP contribution in [0, 0.1) is 0 Å². The van der Waals surface area contributed by atoms with Gasteiger partial charge >= 0.3 is 0 Å². The molecule has 0 spiro atoms. The molecule has 1 unspecified atom stereocenters. The molecule has 0 saturated heterocycles. The van der Waals surface area contributed by atoms with Crippen LogP contribution in [-0.2, 0) is 14.3 Å². The van der Waals surface area contributed by atoms with Crippen LogP contribution in [0.1, 0.15) is 18.0 Å². The number of hydrogen-bond acceptors (Lipinski definition) is 8. The standard InChI is InChI=1S/C11H13N3O4S2/c1-7(18-20(3,15)16)10-13-14-11(19-10)8-4-9(17-2)6-12-5-8/h4-7H,1-3H3. The predicted molar refractivity (Wildman–Crippen MR) is 74.0 cm³/mol. The Morgan fingerprint density at radius 2 is 2.05 bits per heavy atom. The Labute approximate surface area is 120 Å². The second-order valence-electron chi connectivity index (χ2n) is 4.00.